The molecule has 1 amide bonds. The second-order valence-electron chi connectivity index (χ2n) is 8.88. The van der Waals surface area contributed by atoms with Crippen LogP contribution in [0.3, 0.4) is 0 Å². The van der Waals surface area contributed by atoms with Gasteiger partial charge in [0.1, 0.15) is 12.4 Å². The molecule has 2 radical (unpaired) electrons. The highest BCUT2D eigenvalue weighted by molar-refractivity contribution is 6.57. The Labute approximate surface area is 202 Å². The molecule has 0 aliphatic carbocycles. The number of imidazole rings is 1. The SMILES string of the molecule is CCCC/C1=C/c2ccccc2N(C)C(=O)[C@H]([B-]c2n(C)cc[n+]2C)[C@H]1c1ccc(Cl)cc1. The van der Waals surface area contributed by atoms with Crippen LogP contribution in [0.25, 0.3) is 6.08 Å². The summed E-state index contributed by atoms with van der Waals surface area (Å²) >= 11 is 6.24. The number of anilines is 1. The van der Waals surface area contributed by atoms with Crippen LogP contribution in [0.1, 0.15) is 43.2 Å². The molecule has 0 fully saturated rings. The summed E-state index contributed by atoms with van der Waals surface area (Å²) < 4.78 is 4.13. The first-order chi connectivity index (χ1) is 15.9. The highest BCUT2D eigenvalue weighted by atomic mass is 35.5. The molecule has 2 aromatic carbocycles. The summed E-state index contributed by atoms with van der Waals surface area (Å²) in [7, 11) is 8.05. The molecule has 2 heterocycles. The van der Waals surface area contributed by atoms with Gasteiger partial charge in [-0.2, -0.15) is 7.28 Å². The number of hydrogen-bond donors (Lipinski definition) is 0. The highest BCUT2D eigenvalue weighted by Gasteiger charge is 2.31. The van der Waals surface area contributed by atoms with Crippen molar-refractivity contribution in [3.63, 3.8) is 0 Å². The number of rotatable bonds is 6. The average molecular weight is 460 g/mol. The van der Waals surface area contributed by atoms with Crippen LogP contribution in [0.15, 0.2) is 66.5 Å². The van der Waals surface area contributed by atoms with Gasteiger partial charge >= 0.3 is 0 Å². The van der Waals surface area contributed by atoms with E-state index in [1.807, 2.05) is 68.8 Å². The highest BCUT2D eigenvalue weighted by Crippen LogP contribution is 2.43. The summed E-state index contributed by atoms with van der Waals surface area (Å²) in [6, 6.07) is 16.2. The number of fused-ring (bicyclic) bond motifs is 1. The second kappa shape index (κ2) is 10.0. The minimum atomic E-state index is -0.354. The van der Waals surface area contributed by atoms with Gasteiger partial charge in [-0.3, -0.25) is 13.9 Å². The van der Waals surface area contributed by atoms with Crippen molar-refractivity contribution in [1.82, 2.24) is 4.57 Å². The fourth-order valence-electron chi connectivity index (χ4n) is 4.78. The van der Waals surface area contributed by atoms with Crippen molar-refractivity contribution in [1.29, 1.82) is 0 Å². The van der Waals surface area contributed by atoms with E-state index in [0.717, 1.165) is 41.8 Å². The molecular weight excluding hydrogens is 429 g/mol. The van der Waals surface area contributed by atoms with Crippen molar-refractivity contribution in [2.75, 3.05) is 11.9 Å². The molecule has 0 spiro atoms. The molecular formula is C27H31BClN3O. The van der Waals surface area contributed by atoms with E-state index >= 15 is 0 Å². The van der Waals surface area contributed by atoms with Gasteiger partial charge in [-0.05, 0) is 48.1 Å². The minimum Gasteiger partial charge on any atom is -0.318 e. The lowest BCUT2D eigenvalue weighted by atomic mass is 9.54. The van der Waals surface area contributed by atoms with Crippen molar-refractivity contribution in [2.24, 2.45) is 14.1 Å². The molecule has 0 N–H and O–H groups in total. The van der Waals surface area contributed by atoms with Gasteiger partial charge in [0.05, 0.1) is 19.8 Å². The van der Waals surface area contributed by atoms with E-state index in [9.17, 15) is 4.79 Å². The molecule has 33 heavy (non-hydrogen) atoms. The molecule has 170 valence electrons. The molecule has 0 saturated heterocycles. The number of unbranched alkanes of at least 4 members (excludes halogenated alkanes) is 1. The summed E-state index contributed by atoms with van der Waals surface area (Å²) in [6.45, 7) is 2.21. The Bertz CT molecular complexity index is 1150. The van der Waals surface area contributed by atoms with E-state index in [1.165, 1.54) is 5.57 Å². The van der Waals surface area contributed by atoms with E-state index in [1.54, 1.807) is 0 Å². The van der Waals surface area contributed by atoms with Crippen LogP contribution in [0, 0.1) is 0 Å². The number of halogens is 1. The topological polar surface area (TPSA) is 29.1 Å². The zero-order valence-electron chi connectivity index (χ0n) is 19.8. The van der Waals surface area contributed by atoms with Crippen LogP contribution in [-0.4, -0.2) is 24.8 Å². The van der Waals surface area contributed by atoms with Crippen LogP contribution in [0.2, 0.25) is 10.8 Å². The number of nitrogens with zero attached hydrogens (tertiary/aromatic N) is 3. The third-order valence-electron chi connectivity index (χ3n) is 6.63. The van der Waals surface area contributed by atoms with Crippen molar-refractivity contribution in [3.05, 3.63) is 82.6 Å². The Balaban J connectivity index is 1.93. The van der Waals surface area contributed by atoms with Crippen LogP contribution in [-0.2, 0) is 18.9 Å². The van der Waals surface area contributed by atoms with Gasteiger partial charge in [-0.15, -0.1) is 5.82 Å². The summed E-state index contributed by atoms with van der Waals surface area (Å²) in [4.78, 5) is 15.9. The normalized spacial score (nSPS) is 20.1. The largest absolute Gasteiger partial charge is 0.318 e. The zero-order valence-corrected chi connectivity index (χ0v) is 20.6. The fourth-order valence-corrected chi connectivity index (χ4v) is 4.91. The number of benzene rings is 2. The van der Waals surface area contributed by atoms with E-state index in [2.05, 4.69) is 47.6 Å². The third-order valence-corrected chi connectivity index (χ3v) is 6.88. The molecule has 0 unspecified atom stereocenters. The molecule has 1 aliphatic rings. The quantitative estimate of drug-likeness (QED) is 0.389. The number of aryl methyl sites for hydroxylation is 2. The van der Waals surface area contributed by atoms with Crippen LogP contribution in [0.5, 0.6) is 0 Å². The minimum absolute atomic E-state index is 0.0768. The van der Waals surface area contributed by atoms with E-state index in [-0.39, 0.29) is 17.6 Å². The Morgan fingerprint density at radius 2 is 1.82 bits per heavy atom. The number of carbonyl (C=O) groups is 1. The molecule has 2 atom stereocenters. The first-order valence-corrected chi connectivity index (χ1v) is 12.0. The molecule has 0 bridgehead atoms. The van der Waals surface area contributed by atoms with Crippen LogP contribution in [0.4, 0.5) is 5.69 Å². The number of hydrogen-bond acceptors (Lipinski definition) is 1. The molecule has 6 heteroatoms. The summed E-state index contributed by atoms with van der Waals surface area (Å²) in [5, 5.41) is 0.701. The lowest BCUT2D eigenvalue weighted by Crippen LogP contribution is -2.53. The Morgan fingerprint density at radius 3 is 2.48 bits per heavy atom. The van der Waals surface area contributed by atoms with Gasteiger partial charge < -0.3 is 4.90 Å². The lowest BCUT2D eigenvalue weighted by Gasteiger charge is -2.41. The molecule has 3 aromatic rings. The Hall–Kier alpha value is -2.79. The van der Waals surface area contributed by atoms with Gasteiger partial charge in [-0.1, -0.05) is 66.9 Å². The average Bonchev–Trinajstić information content (AvgIpc) is 3.13. The van der Waals surface area contributed by atoms with E-state index in [4.69, 9.17) is 11.6 Å². The maximum absolute atomic E-state index is 14.1. The van der Waals surface area contributed by atoms with Gasteiger partial charge in [0.2, 0.25) is 0 Å². The van der Waals surface area contributed by atoms with Crippen molar-refractivity contribution in [3.8, 4) is 0 Å². The molecule has 1 aromatic heterocycles. The smallest absolute Gasteiger partial charge is 0.190 e. The fraction of sp³-hybridized carbons (Fsp3) is 0.333. The van der Waals surface area contributed by atoms with Crippen molar-refractivity contribution < 1.29 is 9.36 Å². The summed E-state index contributed by atoms with van der Waals surface area (Å²) in [6.07, 6.45) is 9.46. The van der Waals surface area contributed by atoms with Crippen molar-refractivity contribution >= 4 is 42.3 Å². The molecule has 4 nitrogen and oxygen atoms in total. The van der Waals surface area contributed by atoms with E-state index < -0.39 is 0 Å². The first kappa shape index (κ1) is 23.4. The number of aromatic nitrogens is 2. The maximum Gasteiger partial charge on any atom is 0.190 e. The van der Waals surface area contributed by atoms with Crippen molar-refractivity contribution in [2.45, 2.75) is 37.9 Å². The Kier molecular flexibility index (Phi) is 7.09. The monoisotopic (exact) mass is 459 g/mol. The predicted octanol–water partition coefficient (Wildman–Crippen LogP) is 4.66. The lowest BCUT2D eigenvalue weighted by molar-refractivity contribution is -0.653. The number of para-hydroxylation sites is 1. The number of amides is 1. The Morgan fingerprint density at radius 1 is 1.09 bits per heavy atom. The molecule has 0 saturated carbocycles. The van der Waals surface area contributed by atoms with Gasteiger partial charge in [0.15, 0.2) is 5.91 Å². The molecule has 4 rings (SSSR count). The second-order valence-corrected chi connectivity index (χ2v) is 9.32. The summed E-state index contributed by atoms with van der Waals surface area (Å²) in [5.41, 5.74) is 5.43. The summed E-state index contributed by atoms with van der Waals surface area (Å²) in [5.74, 6) is -0.342. The van der Waals surface area contributed by atoms with E-state index in [0.29, 0.717) is 5.02 Å². The number of carbonyl (C=O) groups excluding carboxylic acids is 1. The standard InChI is InChI=1S/C27H31BClN3O/c1-5-6-9-21-18-20-10-7-8-11-23(20)32(4)26(33)25(28-27-30(2)16-17-31(27)3)24(21)19-12-14-22(29)15-13-19/h7-8,10-18,24-25H,5-6,9H2,1-4H3/b21-18-/t24-,25+/m0/s1. The molecule has 1 aliphatic heterocycles. The van der Waals surface area contributed by atoms with Gasteiger partial charge in [0, 0.05) is 17.8 Å². The third kappa shape index (κ3) is 4.79. The number of allylic oxidation sites excluding steroid dienone is 1. The van der Waals surface area contributed by atoms with Crippen LogP contribution >= 0.6 is 11.6 Å². The maximum atomic E-state index is 14.1. The predicted molar refractivity (Wildman–Crippen MR) is 137 cm³/mol. The zero-order chi connectivity index (χ0) is 23.5. The first-order valence-electron chi connectivity index (χ1n) is 11.6. The van der Waals surface area contributed by atoms with Gasteiger partial charge in [-0.25, -0.2) is 0 Å². The van der Waals surface area contributed by atoms with Crippen LogP contribution < -0.4 is 15.2 Å². The van der Waals surface area contributed by atoms with Gasteiger partial charge in [0.25, 0.3) is 0 Å².